The molecule has 0 radical (unpaired) electrons. The van der Waals surface area contributed by atoms with Crippen LogP contribution in [0.15, 0.2) is 71.6 Å². The predicted molar refractivity (Wildman–Crippen MR) is 121 cm³/mol. The van der Waals surface area contributed by atoms with Gasteiger partial charge in [0.05, 0.1) is 0 Å². The number of carbonyl (C=O) groups is 1. The van der Waals surface area contributed by atoms with Crippen LogP contribution in [-0.2, 0) is 0 Å². The molecule has 6 nitrogen and oxygen atoms in total. The van der Waals surface area contributed by atoms with E-state index in [4.69, 9.17) is 0 Å². The number of anilines is 1. The topological polar surface area (TPSA) is 80.0 Å². The zero-order chi connectivity index (χ0) is 21.3. The lowest BCUT2D eigenvalue weighted by molar-refractivity contribution is 0.102. The normalized spacial score (nSPS) is 11.6. The Morgan fingerprint density at radius 2 is 1.70 bits per heavy atom. The van der Waals surface area contributed by atoms with Gasteiger partial charge in [-0.2, -0.15) is 0 Å². The van der Waals surface area contributed by atoms with Gasteiger partial charge in [-0.15, -0.1) is 26.8 Å². The van der Waals surface area contributed by atoms with Gasteiger partial charge in [0.2, 0.25) is 0 Å². The van der Waals surface area contributed by atoms with E-state index in [1.165, 1.54) is 10.9 Å². The number of benzene rings is 3. The fourth-order valence-electron chi connectivity index (χ4n) is 2.98. The Morgan fingerprint density at radius 3 is 2.40 bits per heavy atom. The lowest BCUT2D eigenvalue weighted by Crippen LogP contribution is -2.11. The summed E-state index contributed by atoms with van der Waals surface area (Å²) in [4.78, 5) is 14.8. The van der Waals surface area contributed by atoms with E-state index in [9.17, 15) is 9.90 Å². The van der Waals surface area contributed by atoms with Crippen LogP contribution in [-0.4, -0.2) is 30.8 Å². The summed E-state index contributed by atoms with van der Waals surface area (Å²) in [6, 6.07) is 19.8. The highest BCUT2D eigenvalue weighted by Gasteiger charge is 2.15. The molecule has 0 aliphatic rings. The number of carbonyl (C=O) groups excluding carboxylic acids is 1. The fourth-order valence-corrected chi connectivity index (χ4v) is 4.00. The molecular formula is C23H22N4O2S. The molecule has 4 rings (SSSR count). The van der Waals surface area contributed by atoms with Gasteiger partial charge < -0.3 is 10.4 Å². The molecule has 1 aromatic heterocycles. The summed E-state index contributed by atoms with van der Waals surface area (Å²) < 4.78 is 0.0992. The van der Waals surface area contributed by atoms with Crippen LogP contribution in [0.4, 0.5) is 5.69 Å². The van der Waals surface area contributed by atoms with Crippen molar-refractivity contribution in [3.63, 3.8) is 0 Å². The van der Waals surface area contributed by atoms with Crippen molar-refractivity contribution in [1.82, 2.24) is 15.0 Å². The lowest BCUT2D eigenvalue weighted by atomic mass is 10.2. The van der Waals surface area contributed by atoms with E-state index in [0.29, 0.717) is 16.9 Å². The maximum atomic E-state index is 12.3. The van der Waals surface area contributed by atoms with Crippen molar-refractivity contribution in [2.75, 3.05) is 5.32 Å². The van der Waals surface area contributed by atoms with Crippen LogP contribution in [0.3, 0.4) is 0 Å². The number of thioether (sulfide) groups is 1. The highest BCUT2D eigenvalue weighted by molar-refractivity contribution is 8.00. The average Bonchev–Trinajstić information content (AvgIpc) is 3.10. The number of aromatic hydroxyl groups is 1. The SMILES string of the molecule is CC(C)(C)Sc1ccc2nn(-c3ccc(NC(=O)c4ccccc4)cc3O)nc2c1. The first-order chi connectivity index (χ1) is 14.3. The minimum absolute atomic E-state index is 0.0227. The second-order valence-corrected chi connectivity index (χ2v) is 9.78. The van der Waals surface area contributed by atoms with E-state index in [2.05, 4.69) is 36.3 Å². The highest BCUT2D eigenvalue weighted by atomic mass is 32.2. The molecule has 1 heterocycles. The molecule has 0 saturated carbocycles. The average molecular weight is 419 g/mol. The van der Waals surface area contributed by atoms with Crippen LogP contribution in [0.2, 0.25) is 0 Å². The van der Waals surface area contributed by atoms with Crippen molar-refractivity contribution in [3.8, 4) is 11.4 Å². The summed E-state index contributed by atoms with van der Waals surface area (Å²) >= 11 is 1.76. The minimum atomic E-state index is -0.241. The molecule has 1 amide bonds. The second kappa shape index (κ2) is 7.84. The van der Waals surface area contributed by atoms with Gasteiger partial charge in [0.25, 0.3) is 5.91 Å². The minimum Gasteiger partial charge on any atom is -0.506 e. The Kier molecular flexibility index (Phi) is 5.22. The van der Waals surface area contributed by atoms with Crippen LogP contribution in [0.25, 0.3) is 16.7 Å². The Balaban J connectivity index is 1.58. The molecule has 0 unspecified atom stereocenters. The molecular weight excluding hydrogens is 396 g/mol. The summed E-state index contributed by atoms with van der Waals surface area (Å²) in [6.07, 6.45) is 0. The first kappa shape index (κ1) is 20.0. The van der Waals surface area contributed by atoms with Crippen molar-refractivity contribution < 1.29 is 9.90 Å². The molecule has 3 aromatic carbocycles. The van der Waals surface area contributed by atoms with Crippen molar-refractivity contribution in [2.45, 2.75) is 30.4 Å². The van der Waals surface area contributed by atoms with Gasteiger partial charge >= 0.3 is 0 Å². The van der Waals surface area contributed by atoms with Crippen molar-refractivity contribution in [1.29, 1.82) is 0 Å². The zero-order valence-electron chi connectivity index (χ0n) is 17.0. The summed E-state index contributed by atoms with van der Waals surface area (Å²) in [5.74, 6) is -0.264. The summed E-state index contributed by atoms with van der Waals surface area (Å²) in [5, 5.41) is 22.3. The van der Waals surface area contributed by atoms with Gasteiger partial charge in [0, 0.05) is 27.0 Å². The summed E-state index contributed by atoms with van der Waals surface area (Å²) in [5.41, 5.74) is 2.98. The maximum Gasteiger partial charge on any atom is 0.255 e. The molecule has 152 valence electrons. The van der Waals surface area contributed by atoms with Crippen LogP contribution in [0.1, 0.15) is 31.1 Å². The molecule has 0 aliphatic carbocycles. The molecule has 0 atom stereocenters. The van der Waals surface area contributed by atoms with Crippen LogP contribution >= 0.6 is 11.8 Å². The Bertz CT molecular complexity index is 1210. The highest BCUT2D eigenvalue weighted by Crippen LogP contribution is 2.33. The van der Waals surface area contributed by atoms with Crippen LogP contribution in [0.5, 0.6) is 5.75 Å². The quantitative estimate of drug-likeness (QED) is 0.441. The molecule has 0 aliphatic heterocycles. The number of hydrogen-bond donors (Lipinski definition) is 2. The van der Waals surface area contributed by atoms with E-state index < -0.39 is 0 Å². The van der Waals surface area contributed by atoms with E-state index in [0.717, 1.165) is 15.9 Å². The fraction of sp³-hybridized carbons (Fsp3) is 0.174. The molecule has 0 fully saturated rings. The lowest BCUT2D eigenvalue weighted by Gasteiger charge is -2.17. The molecule has 0 spiro atoms. The van der Waals surface area contributed by atoms with E-state index in [1.54, 1.807) is 48.2 Å². The van der Waals surface area contributed by atoms with Gasteiger partial charge in [0.1, 0.15) is 22.5 Å². The van der Waals surface area contributed by atoms with Crippen LogP contribution in [0, 0.1) is 0 Å². The summed E-state index contributed by atoms with van der Waals surface area (Å²) in [6.45, 7) is 6.48. The predicted octanol–water partition coefficient (Wildman–Crippen LogP) is 5.27. The molecule has 2 N–H and O–H groups in total. The smallest absolute Gasteiger partial charge is 0.255 e. The van der Waals surface area contributed by atoms with Crippen molar-refractivity contribution in [3.05, 3.63) is 72.3 Å². The number of phenolic OH excluding ortho intramolecular Hbond substituents is 1. The van der Waals surface area contributed by atoms with Gasteiger partial charge in [-0.3, -0.25) is 4.79 Å². The number of nitrogens with one attached hydrogen (secondary N) is 1. The van der Waals surface area contributed by atoms with Crippen LogP contribution < -0.4 is 5.32 Å². The first-order valence-corrected chi connectivity index (χ1v) is 10.4. The molecule has 0 bridgehead atoms. The van der Waals surface area contributed by atoms with E-state index in [1.807, 2.05) is 24.3 Å². The standard InChI is InChI=1S/C23H22N4O2S/c1-23(2,3)30-17-10-11-18-19(14-17)26-27(25-18)20-12-9-16(13-21(20)28)24-22(29)15-7-5-4-6-8-15/h4-14,28H,1-3H3,(H,24,29). The van der Waals surface area contributed by atoms with Crippen molar-refractivity contribution in [2.24, 2.45) is 0 Å². The second-order valence-electron chi connectivity index (χ2n) is 7.88. The molecule has 30 heavy (non-hydrogen) atoms. The number of nitrogens with zero attached hydrogens (tertiary/aromatic N) is 3. The van der Waals surface area contributed by atoms with E-state index in [-0.39, 0.29) is 16.4 Å². The van der Waals surface area contributed by atoms with Gasteiger partial charge in [-0.25, -0.2) is 0 Å². The number of hydrogen-bond acceptors (Lipinski definition) is 5. The molecule has 4 aromatic rings. The Labute approximate surface area is 178 Å². The summed E-state index contributed by atoms with van der Waals surface area (Å²) in [7, 11) is 0. The molecule has 7 heteroatoms. The third-order valence-corrected chi connectivity index (χ3v) is 5.36. The zero-order valence-corrected chi connectivity index (χ0v) is 17.8. The number of rotatable bonds is 4. The van der Waals surface area contributed by atoms with Crippen molar-refractivity contribution >= 4 is 34.4 Å². The Morgan fingerprint density at radius 1 is 0.967 bits per heavy atom. The third kappa shape index (κ3) is 4.46. The Hall–Kier alpha value is -3.32. The number of amides is 1. The van der Waals surface area contributed by atoms with Gasteiger partial charge in [-0.05, 0) is 42.5 Å². The van der Waals surface area contributed by atoms with E-state index >= 15 is 0 Å². The van der Waals surface area contributed by atoms with Gasteiger partial charge in [-0.1, -0.05) is 39.0 Å². The largest absolute Gasteiger partial charge is 0.506 e. The monoisotopic (exact) mass is 418 g/mol. The maximum absolute atomic E-state index is 12.3. The number of fused-ring (bicyclic) bond motifs is 1. The molecule has 0 saturated heterocycles. The first-order valence-electron chi connectivity index (χ1n) is 9.54. The third-order valence-electron chi connectivity index (χ3n) is 4.26. The number of phenols is 1. The number of aromatic nitrogens is 3. The van der Waals surface area contributed by atoms with Gasteiger partial charge in [0.15, 0.2) is 0 Å².